The maximum Gasteiger partial charge on any atom is 0.407 e. The fraction of sp³-hybridized carbons (Fsp3) is 0.533. The van der Waals surface area contributed by atoms with E-state index >= 15 is 0 Å². The molecule has 2 aliphatic rings. The molecule has 0 radical (unpaired) electrons. The van der Waals surface area contributed by atoms with Gasteiger partial charge < -0.3 is 24.8 Å². The van der Waals surface area contributed by atoms with Crippen LogP contribution in [0, 0.1) is 0 Å². The average molecular weight is 543 g/mol. The van der Waals surface area contributed by atoms with Crippen molar-refractivity contribution in [1.29, 1.82) is 0 Å². The number of hydrogen-bond acceptors (Lipinski definition) is 5. The number of benzene rings is 2. The van der Waals surface area contributed by atoms with Crippen molar-refractivity contribution in [2.45, 2.75) is 82.5 Å². The monoisotopic (exact) mass is 542 g/mol. The third-order valence-corrected chi connectivity index (χ3v) is 7.88. The zero-order valence-electron chi connectivity index (χ0n) is 22.2. The Kier molecular flexibility index (Phi) is 9.91. The van der Waals surface area contributed by atoms with Crippen molar-refractivity contribution in [3.05, 3.63) is 64.7 Å². The Morgan fingerprint density at radius 1 is 1.16 bits per heavy atom. The van der Waals surface area contributed by atoms with Crippen molar-refractivity contribution in [2.75, 3.05) is 19.7 Å². The highest BCUT2D eigenvalue weighted by Gasteiger charge is 2.46. The molecule has 1 aliphatic carbocycles. The van der Waals surface area contributed by atoms with E-state index in [4.69, 9.17) is 21.1 Å². The third kappa shape index (κ3) is 7.20. The minimum absolute atomic E-state index is 0.132. The maximum atomic E-state index is 13.9. The summed E-state index contributed by atoms with van der Waals surface area (Å²) in [5, 5.41) is 15.0. The van der Waals surface area contributed by atoms with E-state index in [1.807, 2.05) is 43.3 Å². The van der Waals surface area contributed by atoms with Crippen molar-refractivity contribution in [3.8, 4) is 5.75 Å². The van der Waals surface area contributed by atoms with Crippen molar-refractivity contribution in [3.63, 3.8) is 0 Å². The zero-order chi connectivity index (χ0) is 27.0. The molecule has 2 aromatic rings. The molecular formula is C30H39ClN2O5. The Balaban J connectivity index is 1.48. The second-order valence-electron chi connectivity index (χ2n) is 10.5. The topological polar surface area (TPSA) is 88.1 Å². The maximum absolute atomic E-state index is 13.9. The molecule has 2 atom stereocenters. The van der Waals surface area contributed by atoms with E-state index in [1.165, 1.54) is 0 Å². The standard InChI is InChI=1S/C30H39ClN2O5/c1-2-3-18-37-29(35)32-24-14-17-33(20-24)28(34)27(30(36)15-8-5-9-16-30)23-12-13-26(25(31)19-23)38-21-22-10-6-4-7-11-22/h4,6-7,10-13,19,24,27,36H,2-3,5,8-9,14-18,20-21H2,1H3,(H,32,35)/t24-,27?/m1/s1. The van der Waals surface area contributed by atoms with Gasteiger partial charge in [-0.25, -0.2) is 4.79 Å². The molecule has 2 aromatic carbocycles. The molecule has 1 unspecified atom stereocenters. The number of rotatable bonds is 10. The lowest BCUT2D eigenvalue weighted by Crippen LogP contribution is -2.48. The highest BCUT2D eigenvalue weighted by Crippen LogP contribution is 2.43. The van der Waals surface area contributed by atoms with E-state index in [-0.39, 0.29) is 11.9 Å². The lowest BCUT2D eigenvalue weighted by Gasteiger charge is -2.40. The quantitative estimate of drug-likeness (QED) is 0.369. The zero-order valence-corrected chi connectivity index (χ0v) is 22.9. The molecule has 38 heavy (non-hydrogen) atoms. The van der Waals surface area contributed by atoms with Crippen LogP contribution in [0.5, 0.6) is 5.75 Å². The van der Waals surface area contributed by atoms with Crippen LogP contribution in [-0.2, 0) is 16.1 Å². The van der Waals surface area contributed by atoms with Gasteiger partial charge in [0.2, 0.25) is 5.91 Å². The normalized spacial score (nSPS) is 19.6. The largest absolute Gasteiger partial charge is 0.487 e. The molecule has 7 nitrogen and oxygen atoms in total. The van der Waals surface area contributed by atoms with Crippen LogP contribution in [0.4, 0.5) is 4.79 Å². The molecular weight excluding hydrogens is 504 g/mol. The van der Waals surface area contributed by atoms with Crippen molar-refractivity contribution >= 4 is 23.6 Å². The fourth-order valence-corrected chi connectivity index (χ4v) is 5.71. The Morgan fingerprint density at radius 2 is 1.92 bits per heavy atom. The minimum Gasteiger partial charge on any atom is -0.487 e. The Bertz CT molecular complexity index is 1070. The van der Waals surface area contributed by atoms with Gasteiger partial charge in [0.25, 0.3) is 0 Å². The molecule has 1 saturated heterocycles. The Labute approximate surface area is 230 Å². The summed E-state index contributed by atoms with van der Waals surface area (Å²) < 4.78 is 11.2. The number of nitrogens with zero attached hydrogens (tertiary/aromatic N) is 1. The molecule has 1 heterocycles. The number of amides is 2. The number of carbonyl (C=O) groups is 2. The first-order chi connectivity index (χ1) is 18.4. The number of ether oxygens (including phenoxy) is 2. The van der Waals surface area contributed by atoms with Gasteiger partial charge >= 0.3 is 6.09 Å². The first kappa shape index (κ1) is 28.2. The number of unbranched alkanes of at least 4 members (excludes halogenated alkanes) is 1. The number of likely N-dealkylation sites (tertiary alicyclic amines) is 1. The average Bonchev–Trinajstić information content (AvgIpc) is 3.38. The van der Waals surface area contributed by atoms with Crippen molar-refractivity contribution < 1.29 is 24.2 Å². The molecule has 2 amide bonds. The summed E-state index contributed by atoms with van der Waals surface area (Å²) >= 11 is 6.63. The highest BCUT2D eigenvalue weighted by molar-refractivity contribution is 6.32. The van der Waals surface area contributed by atoms with Gasteiger partial charge in [0.1, 0.15) is 12.4 Å². The van der Waals surface area contributed by atoms with Gasteiger partial charge in [-0.15, -0.1) is 0 Å². The van der Waals surface area contributed by atoms with Crippen molar-refractivity contribution in [2.24, 2.45) is 0 Å². The van der Waals surface area contributed by atoms with E-state index in [9.17, 15) is 14.7 Å². The Hall–Kier alpha value is -2.77. The minimum atomic E-state index is -1.14. The summed E-state index contributed by atoms with van der Waals surface area (Å²) in [6.45, 7) is 3.71. The van der Waals surface area contributed by atoms with Gasteiger partial charge in [0, 0.05) is 13.1 Å². The summed E-state index contributed by atoms with van der Waals surface area (Å²) in [4.78, 5) is 27.8. The molecule has 0 spiro atoms. The molecule has 1 aliphatic heterocycles. The molecule has 0 aromatic heterocycles. The van der Waals surface area contributed by atoms with Crippen LogP contribution in [0.1, 0.15) is 75.3 Å². The summed E-state index contributed by atoms with van der Waals surface area (Å²) in [6, 6.07) is 15.1. The number of alkyl carbamates (subject to hydrolysis) is 1. The van der Waals surface area contributed by atoms with Crippen LogP contribution >= 0.6 is 11.6 Å². The SMILES string of the molecule is CCCCOC(=O)N[C@@H]1CCN(C(=O)C(c2ccc(OCc3ccccc3)c(Cl)c2)C2(O)CCCCC2)C1. The summed E-state index contributed by atoms with van der Waals surface area (Å²) in [6.07, 6.45) is 5.89. The predicted molar refractivity (Wildman–Crippen MR) is 147 cm³/mol. The number of carbonyl (C=O) groups excluding carboxylic acids is 2. The van der Waals surface area contributed by atoms with Gasteiger partial charge in [0.15, 0.2) is 0 Å². The van der Waals surface area contributed by atoms with E-state index in [1.54, 1.807) is 17.0 Å². The lowest BCUT2D eigenvalue weighted by molar-refractivity contribution is -0.140. The second-order valence-corrected chi connectivity index (χ2v) is 10.9. The molecule has 4 rings (SSSR count). The van der Waals surface area contributed by atoms with Gasteiger partial charge in [-0.3, -0.25) is 4.79 Å². The number of aliphatic hydroxyl groups is 1. The van der Waals surface area contributed by atoms with Gasteiger partial charge in [-0.2, -0.15) is 0 Å². The summed E-state index contributed by atoms with van der Waals surface area (Å²) in [5.74, 6) is -0.334. The van der Waals surface area contributed by atoms with Crippen LogP contribution < -0.4 is 10.1 Å². The highest BCUT2D eigenvalue weighted by atomic mass is 35.5. The molecule has 2 N–H and O–H groups in total. The summed E-state index contributed by atoms with van der Waals surface area (Å²) in [7, 11) is 0. The number of halogens is 1. The molecule has 2 fully saturated rings. The second kappa shape index (κ2) is 13.3. The smallest absolute Gasteiger partial charge is 0.407 e. The third-order valence-electron chi connectivity index (χ3n) is 7.58. The van der Waals surface area contributed by atoms with Crippen LogP contribution in [0.25, 0.3) is 0 Å². The van der Waals surface area contributed by atoms with E-state index < -0.39 is 17.6 Å². The molecule has 1 saturated carbocycles. The van der Waals surface area contributed by atoms with Crippen molar-refractivity contribution in [1.82, 2.24) is 10.2 Å². The van der Waals surface area contributed by atoms with Crippen LogP contribution in [-0.4, -0.2) is 53.3 Å². The lowest BCUT2D eigenvalue weighted by atomic mass is 9.72. The first-order valence-electron chi connectivity index (χ1n) is 13.8. The van der Waals surface area contributed by atoms with Gasteiger partial charge in [-0.05, 0) is 48.9 Å². The van der Waals surface area contributed by atoms with Crippen LogP contribution in [0.3, 0.4) is 0 Å². The van der Waals surface area contributed by atoms with Gasteiger partial charge in [0.05, 0.1) is 29.2 Å². The summed E-state index contributed by atoms with van der Waals surface area (Å²) in [5.41, 5.74) is 0.575. The Morgan fingerprint density at radius 3 is 2.63 bits per heavy atom. The van der Waals surface area contributed by atoms with Crippen LogP contribution in [0.2, 0.25) is 5.02 Å². The van der Waals surface area contributed by atoms with E-state index in [0.717, 1.165) is 37.7 Å². The molecule has 206 valence electrons. The molecule has 8 heteroatoms. The van der Waals surface area contributed by atoms with E-state index in [0.29, 0.717) is 61.9 Å². The van der Waals surface area contributed by atoms with E-state index in [2.05, 4.69) is 5.32 Å². The first-order valence-corrected chi connectivity index (χ1v) is 14.2. The predicted octanol–water partition coefficient (Wildman–Crippen LogP) is 5.83. The number of hydrogen-bond donors (Lipinski definition) is 2. The number of nitrogens with one attached hydrogen (secondary N) is 1. The fourth-order valence-electron chi connectivity index (χ4n) is 5.46. The van der Waals surface area contributed by atoms with Gasteiger partial charge in [-0.1, -0.05) is 80.6 Å². The van der Waals surface area contributed by atoms with Crippen LogP contribution in [0.15, 0.2) is 48.5 Å². The molecule has 0 bridgehead atoms.